The number of rotatable bonds is 5. The Hall–Kier alpha value is -1.57. The molecular formula is C11H13Cl2N3O4. The van der Waals surface area contributed by atoms with Gasteiger partial charge in [-0.1, -0.05) is 37.0 Å². The van der Waals surface area contributed by atoms with Gasteiger partial charge in [0.05, 0.1) is 15.0 Å². The molecule has 1 aromatic rings. The third-order valence-corrected chi connectivity index (χ3v) is 3.18. The van der Waals surface area contributed by atoms with Crippen LogP contribution in [0.25, 0.3) is 0 Å². The van der Waals surface area contributed by atoms with Crippen molar-refractivity contribution in [2.45, 2.75) is 20.0 Å². The molecule has 110 valence electrons. The van der Waals surface area contributed by atoms with Gasteiger partial charge in [0.1, 0.15) is 0 Å². The summed E-state index contributed by atoms with van der Waals surface area (Å²) in [6.45, 7) is 3.42. The van der Waals surface area contributed by atoms with Crippen LogP contribution in [-0.4, -0.2) is 16.9 Å². The van der Waals surface area contributed by atoms with E-state index < -0.39 is 16.9 Å². The Labute approximate surface area is 125 Å². The average Bonchev–Trinajstić information content (AvgIpc) is 2.37. The number of nitrogens with one attached hydrogen (secondary N) is 1. The van der Waals surface area contributed by atoms with Crippen molar-refractivity contribution in [3.05, 3.63) is 32.3 Å². The van der Waals surface area contributed by atoms with Gasteiger partial charge in [0.15, 0.2) is 11.9 Å². The third-order valence-electron chi connectivity index (χ3n) is 2.46. The number of hydrogen-bond acceptors (Lipinski definition) is 5. The summed E-state index contributed by atoms with van der Waals surface area (Å²) in [6.07, 6.45) is -0.990. The monoisotopic (exact) mass is 321 g/mol. The summed E-state index contributed by atoms with van der Waals surface area (Å²) in [7, 11) is 0. The molecule has 0 aliphatic rings. The topological polar surface area (TPSA) is 107 Å². The molecule has 1 atom stereocenters. The second-order valence-electron chi connectivity index (χ2n) is 4.28. The van der Waals surface area contributed by atoms with E-state index in [1.54, 1.807) is 13.8 Å². The molecule has 0 aromatic heterocycles. The summed E-state index contributed by atoms with van der Waals surface area (Å²) < 4.78 is 5.38. The van der Waals surface area contributed by atoms with Gasteiger partial charge in [-0.05, 0) is 5.92 Å². The second-order valence-corrected chi connectivity index (χ2v) is 5.10. The highest BCUT2D eigenvalue weighted by Crippen LogP contribution is 2.36. The molecule has 0 spiro atoms. The highest BCUT2D eigenvalue weighted by molar-refractivity contribution is 6.42. The summed E-state index contributed by atoms with van der Waals surface area (Å²) >= 11 is 11.5. The third kappa shape index (κ3) is 3.72. The van der Waals surface area contributed by atoms with E-state index >= 15 is 0 Å². The number of ether oxygens (including phenoxy) is 1. The van der Waals surface area contributed by atoms with Gasteiger partial charge in [0.25, 0.3) is 5.91 Å². The van der Waals surface area contributed by atoms with Crippen LogP contribution in [0.2, 0.25) is 10.0 Å². The molecule has 1 amide bonds. The lowest BCUT2D eigenvalue weighted by molar-refractivity contribution is -0.386. The van der Waals surface area contributed by atoms with E-state index in [2.05, 4.69) is 0 Å². The zero-order valence-corrected chi connectivity index (χ0v) is 12.2. The molecule has 0 aliphatic heterocycles. The van der Waals surface area contributed by atoms with Gasteiger partial charge < -0.3 is 4.74 Å². The normalized spacial score (nSPS) is 12.1. The van der Waals surface area contributed by atoms with E-state index in [-0.39, 0.29) is 27.4 Å². The smallest absolute Gasteiger partial charge is 0.312 e. The Morgan fingerprint density at radius 3 is 2.40 bits per heavy atom. The van der Waals surface area contributed by atoms with E-state index in [0.717, 1.165) is 6.07 Å². The SMILES string of the molecule is CC(C)C(Oc1cc(Cl)c(Cl)cc1[N+](=O)[O-])C(=O)NN. The first-order chi connectivity index (χ1) is 9.27. The van der Waals surface area contributed by atoms with Crippen LogP contribution < -0.4 is 16.0 Å². The summed E-state index contributed by atoms with van der Waals surface area (Å²) in [6, 6.07) is 2.26. The minimum Gasteiger partial charge on any atom is -0.473 e. The van der Waals surface area contributed by atoms with Crippen molar-refractivity contribution >= 4 is 34.8 Å². The molecular weight excluding hydrogens is 309 g/mol. The molecule has 0 heterocycles. The van der Waals surface area contributed by atoms with Crippen LogP contribution in [0.1, 0.15) is 13.8 Å². The molecule has 3 N–H and O–H groups in total. The molecule has 1 aromatic carbocycles. The number of benzene rings is 1. The molecule has 0 fully saturated rings. The van der Waals surface area contributed by atoms with Gasteiger partial charge in [-0.25, -0.2) is 5.84 Å². The van der Waals surface area contributed by atoms with Crippen LogP contribution in [0.4, 0.5) is 5.69 Å². The van der Waals surface area contributed by atoms with Crippen molar-refractivity contribution in [1.82, 2.24) is 5.43 Å². The number of carbonyl (C=O) groups is 1. The summed E-state index contributed by atoms with van der Waals surface area (Å²) in [5, 5.41) is 11.1. The zero-order chi connectivity index (χ0) is 15.4. The van der Waals surface area contributed by atoms with Crippen LogP contribution in [0, 0.1) is 16.0 Å². The van der Waals surface area contributed by atoms with Gasteiger partial charge in [0.2, 0.25) is 0 Å². The van der Waals surface area contributed by atoms with Crippen molar-refractivity contribution in [3.8, 4) is 5.75 Å². The predicted octanol–water partition coefficient (Wildman–Crippen LogP) is 2.29. The van der Waals surface area contributed by atoms with E-state index in [1.807, 2.05) is 5.43 Å². The number of nitro groups is 1. The molecule has 0 bridgehead atoms. The number of hydrogen-bond donors (Lipinski definition) is 2. The van der Waals surface area contributed by atoms with Gasteiger partial charge in [-0.3, -0.25) is 20.3 Å². The molecule has 0 aliphatic carbocycles. The molecule has 1 unspecified atom stereocenters. The van der Waals surface area contributed by atoms with Gasteiger partial charge in [-0.15, -0.1) is 0 Å². The maximum Gasteiger partial charge on any atom is 0.312 e. The highest BCUT2D eigenvalue weighted by atomic mass is 35.5. The standard InChI is InChI=1S/C11H13Cl2N3O4/c1-5(2)10(11(17)15-14)20-9-4-7(13)6(12)3-8(9)16(18)19/h3-5,10H,14H2,1-2H3,(H,15,17). The van der Waals surface area contributed by atoms with Crippen LogP contribution in [0.15, 0.2) is 12.1 Å². The van der Waals surface area contributed by atoms with Gasteiger partial charge in [0, 0.05) is 12.1 Å². The van der Waals surface area contributed by atoms with Crippen LogP contribution >= 0.6 is 23.2 Å². The number of halogens is 2. The van der Waals surface area contributed by atoms with Crippen LogP contribution in [0.5, 0.6) is 5.75 Å². The number of nitrogens with zero attached hydrogens (tertiary/aromatic N) is 1. The second kappa shape index (κ2) is 6.74. The molecule has 0 radical (unpaired) electrons. The summed E-state index contributed by atoms with van der Waals surface area (Å²) in [4.78, 5) is 21.9. The van der Waals surface area contributed by atoms with E-state index in [0.29, 0.717) is 0 Å². The van der Waals surface area contributed by atoms with Gasteiger partial charge in [-0.2, -0.15) is 0 Å². The Bertz CT molecular complexity index is 537. The summed E-state index contributed by atoms with van der Waals surface area (Å²) in [5.41, 5.74) is 1.57. The first-order valence-corrected chi connectivity index (χ1v) is 6.34. The van der Waals surface area contributed by atoms with E-state index in [1.165, 1.54) is 6.07 Å². The quantitative estimate of drug-likeness (QED) is 0.374. The minimum absolute atomic E-state index is 0.0232. The lowest BCUT2D eigenvalue weighted by atomic mass is 10.1. The number of amides is 1. The Kier molecular flexibility index (Phi) is 5.55. The fourth-order valence-electron chi connectivity index (χ4n) is 1.47. The van der Waals surface area contributed by atoms with Crippen molar-refractivity contribution in [3.63, 3.8) is 0 Å². The van der Waals surface area contributed by atoms with Crippen molar-refractivity contribution in [2.24, 2.45) is 11.8 Å². The predicted molar refractivity (Wildman–Crippen MR) is 74.7 cm³/mol. The maximum atomic E-state index is 11.6. The Balaban J connectivity index is 3.21. The van der Waals surface area contributed by atoms with Gasteiger partial charge >= 0.3 is 5.69 Å². The molecule has 7 nitrogen and oxygen atoms in total. The molecule has 9 heteroatoms. The molecule has 1 rings (SSSR count). The largest absolute Gasteiger partial charge is 0.473 e. The first kappa shape index (κ1) is 16.5. The lowest BCUT2D eigenvalue weighted by Crippen LogP contribution is -2.44. The minimum atomic E-state index is -0.990. The number of carbonyl (C=O) groups excluding carboxylic acids is 1. The fourth-order valence-corrected chi connectivity index (χ4v) is 1.78. The number of hydrazine groups is 1. The Morgan fingerprint density at radius 2 is 1.95 bits per heavy atom. The highest BCUT2D eigenvalue weighted by Gasteiger charge is 2.28. The summed E-state index contributed by atoms with van der Waals surface area (Å²) in [5.74, 6) is 4.06. The van der Waals surface area contributed by atoms with Crippen molar-refractivity contribution in [1.29, 1.82) is 0 Å². The van der Waals surface area contributed by atoms with E-state index in [9.17, 15) is 14.9 Å². The maximum absolute atomic E-state index is 11.6. The molecule has 20 heavy (non-hydrogen) atoms. The van der Waals surface area contributed by atoms with Crippen molar-refractivity contribution < 1.29 is 14.5 Å². The number of nitro benzene ring substituents is 1. The van der Waals surface area contributed by atoms with Crippen molar-refractivity contribution in [2.75, 3.05) is 0 Å². The fraction of sp³-hybridized carbons (Fsp3) is 0.364. The average molecular weight is 322 g/mol. The van der Waals surface area contributed by atoms with Crippen LogP contribution in [0.3, 0.4) is 0 Å². The first-order valence-electron chi connectivity index (χ1n) is 5.58. The number of nitrogens with two attached hydrogens (primary N) is 1. The van der Waals surface area contributed by atoms with Crippen LogP contribution in [-0.2, 0) is 4.79 Å². The van der Waals surface area contributed by atoms with E-state index in [4.69, 9.17) is 33.8 Å². The molecule has 0 saturated heterocycles. The lowest BCUT2D eigenvalue weighted by Gasteiger charge is -2.20. The Morgan fingerprint density at radius 1 is 1.40 bits per heavy atom. The zero-order valence-electron chi connectivity index (χ0n) is 10.7. The molecule has 0 saturated carbocycles.